The molecule has 1 N–H and O–H groups in total. The van der Waals surface area contributed by atoms with E-state index in [2.05, 4.69) is 24.1 Å². The normalized spacial score (nSPS) is 24.6. The van der Waals surface area contributed by atoms with Crippen LogP contribution in [0.1, 0.15) is 57.7 Å². The lowest BCUT2D eigenvalue weighted by atomic mass is 9.76. The van der Waals surface area contributed by atoms with E-state index in [1.165, 1.54) is 32.1 Å². The Morgan fingerprint density at radius 3 is 2.50 bits per heavy atom. The first-order valence-corrected chi connectivity index (χ1v) is 8.45. The van der Waals surface area contributed by atoms with Crippen LogP contribution in [-0.4, -0.2) is 11.5 Å². The van der Waals surface area contributed by atoms with Crippen molar-refractivity contribution in [2.24, 2.45) is 11.8 Å². The minimum Gasteiger partial charge on any atom is -0.309 e. The van der Waals surface area contributed by atoms with Crippen molar-refractivity contribution in [3.05, 3.63) is 28.0 Å². The van der Waals surface area contributed by atoms with E-state index in [1.54, 1.807) is 12.3 Å². The zero-order valence-corrected chi connectivity index (χ0v) is 13.8. The zero-order valence-electron chi connectivity index (χ0n) is 12.3. The summed E-state index contributed by atoms with van der Waals surface area (Å²) in [4.78, 5) is 4.48. The van der Waals surface area contributed by atoms with Crippen molar-refractivity contribution in [1.82, 2.24) is 10.3 Å². The van der Waals surface area contributed by atoms with Crippen LogP contribution in [0.2, 0.25) is 10.0 Å². The van der Waals surface area contributed by atoms with Gasteiger partial charge in [-0.1, -0.05) is 56.3 Å². The zero-order chi connectivity index (χ0) is 14.5. The Labute approximate surface area is 132 Å². The molecular formula is C16H24Cl2N2. The van der Waals surface area contributed by atoms with E-state index in [-0.39, 0.29) is 6.04 Å². The third-order valence-corrected chi connectivity index (χ3v) is 5.00. The summed E-state index contributed by atoms with van der Waals surface area (Å²) < 4.78 is 0. The second-order valence-corrected chi connectivity index (χ2v) is 6.59. The average Bonchev–Trinajstić information content (AvgIpc) is 2.46. The van der Waals surface area contributed by atoms with Crippen molar-refractivity contribution in [1.29, 1.82) is 0 Å². The molecule has 1 unspecified atom stereocenters. The van der Waals surface area contributed by atoms with Gasteiger partial charge in [0.25, 0.3) is 0 Å². The molecule has 0 aliphatic heterocycles. The Kier molecular flexibility index (Phi) is 6.13. The monoisotopic (exact) mass is 314 g/mol. The van der Waals surface area contributed by atoms with E-state index in [0.29, 0.717) is 16.0 Å². The quantitative estimate of drug-likeness (QED) is 0.802. The van der Waals surface area contributed by atoms with Gasteiger partial charge in [-0.05, 0) is 37.3 Å². The Morgan fingerprint density at radius 2 is 1.95 bits per heavy atom. The number of hydrogen-bond donors (Lipinski definition) is 1. The summed E-state index contributed by atoms with van der Waals surface area (Å²) >= 11 is 12.3. The van der Waals surface area contributed by atoms with Gasteiger partial charge < -0.3 is 5.32 Å². The van der Waals surface area contributed by atoms with E-state index in [9.17, 15) is 0 Å². The lowest BCUT2D eigenvalue weighted by molar-refractivity contribution is 0.218. The topological polar surface area (TPSA) is 24.9 Å². The van der Waals surface area contributed by atoms with Gasteiger partial charge in [0.1, 0.15) is 0 Å². The van der Waals surface area contributed by atoms with Crippen LogP contribution in [-0.2, 0) is 0 Å². The summed E-state index contributed by atoms with van der Waals surface area (Å²) in [6, 6.07) is 2.05. The Morgan fingerprint density at radius 1 is 1.25 bits per heavy atom. The maximum Gasteiger partial charge on any atom is 0.0762 e. The van der Waals surface area contributed by atoms with Gasteiger partial charge >= 0.3 is 0 Å². The molecule has 1 fully saturated rings. The Balaban J connectivity index is 2.14. The van der Waals surface area contributed by atoms with Crippen molar-refractivity contribution >= 4 is 23.2 Å². The van der Waals surface area contributed by atoms with Crippen LogP contribution in [0.25, 0.3) is 0 Å². The van der Waals surface area contributed by atoms with Gasteiger partial charge in [-0.15, -0.1) is 0 Å². The van der Waals surface area contributed by atoms with Crippen LogP contribution in [0.4, 0.5) is 0 Å². The fourth-order valence-electron chi connectivity index (χ4n) is 3.29. The van der Waals surface area contributed by atoms with Gasteiger partial charge in [0.15, 0.2) is 0 Å². The van der Waals surface area contributed by atoms with Crippen molar-refractivity contribution < 1.29 is 0 Å². The summed E-state index contributed by atoms with van der Waals surface area (Å²) in [6.07, 6.45) is 8.18. The first kappa shape index (κ1) is 16.1. The standard InChI is InChI=1S/C16H24Cl2N2/c1-3-11-5-7-12(8-6-11)15(19-4-2)16-14(18)9-13(17)10-20-16/h9-12,15,19H,3-8H2,1-2H3. The van der Waals surface area contributed by atoms with Crippen LogP contribution < -0.4 is 5.32 Å². The fourth-order valence-corrected chi connectivity index (χ4v) is 3.79. The summed E-state index contributed by atoms with van der Waals surface area (Å²) in [5.74, 6) is 1.53. The molecule has 4 heteroatoms. The third-order valence-electron chi connectivity index (χ3n) is 4.50. The Bertz CT molecular complexity index is 428. The van der Waals surface area contributed by atoms with Gasteiger partial charge in [0.2, 0.25) is 0 Å². The van der Waals surface area contributed by atoms with Crippen LogP contribution in [0.15, 0.2) is 12.3 Å². The highest BCUT2D eigenvalue weighted by molar-refractivity contribution is 6.34. The molecule has 0 radical (unpaired) electrons. The summed E-state index contributed by atoms with van der Waals surface area (Å²) in [5.41, 5.74) is 0.956. The largest absolute Gasteiger partial charge is 0.309 e. The van der Waals surface area contributed by atoms with Crippen molar-refractivity contribution in [2.75, 3.05) is 6.54 Å². The predicted molar refractivity (Wildman–Crippen MR) is 86.4 cm³/mol. The van der Waals surface area contributed by atoms with Gasteiger partial charge in [-0.2, -0.15) is 0 Å². The van der Waals surface area contributed by atoms with Crippen LogP contribution in [0, 0.1) is 11.8 Å². The number of pyridine rings is 1. The molecule has 1 aromatic heterocycles. The van der Waals surface area contributed by atoms with E-state index in [1.807, 2.05) is 0 Å². The number of halogens is 2. The fraction of sp³-hybridized carbons (Fsp3) is 0.688. The molecule has 2 rings (SSSR count). The molecule has 0 amide bonds. The number of nitrogens with zero attached hydrogens (tertiary/aromatic N) is 1. The second kappa shape index (κ2) is 7.63. The lowest BCUT2D eigenvalue weighted by Crippen LogP contribution is -2.31. The number of rotatable bonds is 5. The maximum atomic E-state index is 6.35. The molecule has 0 spiro atoms. The molecule has 1 atom stereocenters. The first-order chi connectivity index (χ1) is 9.65. The highest BCUT2D eigenvalue weighted by atomic mass is 35.5. The smallest absolute Gasteiger partial charge is 0.0762 e. The van der Waals surface area contributed by atoms with Crippen molar-refractivity contribution in [3.8, 4) is 0 Å². The van der Waals surface area contributed by atoms with Gasteiger partial charge in [0.05, 0.1) is 21.8 Å². The van der Waals surface area contributed by atoms with Gasteiger partial charge in [0, 0.05) is 6.20 Å². The molecule has 1 heterocycles. The van der Waals surface area contributed by atoms with E-state index < -0.39 is 0 Å². The van der Waals surface area contributed by atoms with Gasteiger partial charge in [-0.25, -0.2) is 0 Å². The molecule has 0 saturated heterocycles. The highest BCUT2D eigenvalue weighted by Gasteiger charge is 2.29. The molecule has 2 nitrogen and oxygen atoms in total. The SMILES string of the molecule is CCNC(c1ncc(Cl)cc1Cl)C1CCC(CC)CC1. The first-order valence-electron chi connectivity index (χ1n) is 7.70. The molecule has 1 aliphatic rings. The molecule has 20 heavy (non-hydrogen) atoms. The van der Waals surface area contributed by atoms with Crippen LogP contribution in [0.5, 0.6) is 0 Å². The average molecular weight is 315 g/mol. The van der Waals surface area contributed by atoms with E-state index in [4.69, 9.17) is 23.2 Å². The number of hydrogen-bond acceptors (Lipinski definition) is 2. The van der Waals surface area contributed by atoms with Crippen molar-refractivity contribution in [2.45, 2.75) is 52.0 Å². The minimum atomic E-state index is 0.252. The third kappa shape index (κ3) is 3.87. The maximum absolute atomic E-state index is 6.35. The number of nitrogens with one attached hydrogen (secondary N) is 1. The lowest BCUT2D eigenvalue weighted by Gasteiger charge is -2.34. The highest BCUT2D eigenvalue weighted by Crippen LogP contribution is 2.39. The van der Waals surface area contributed by atoms with Crippen molar-refractivity contribution in [3.63, 3.8) is 0 Å². The molecule has 1 saturated carbocycles. The summed E-state index contributed by atoms with van der Waals surface area (Å²) in [7, 11) is 0. The van der Waals surface area contributed by atoms with E-state index in [0.717, 1.165) is 18.2 Å². The molecule has 112 valence electrons. The van der Waals surface area contributed by atoms with E-state index >= 15 is 0 Å². The van der Waals surface area contributed by atoms with Gasteiger partial charge in [-0.3, -0.25) is 4.98 Å². The minimum absolute atomic E-state index is 0.252. The molecule has 0 aromatic carbocycles. The number of aromatic nitrogens is 1. The predicted octanol–water partition coefficient (Wildman–Crippen LogP) is 5.26. The molecule has 1 aromatic rings. The summed E-state index contributed by atoms with van der Waals surface area (Å²) in [5, 5.41) is 4.85. The Hall–Kier alpha value is -0.310. The van der Waals surface area contributed by atoms with Crippen LogP contribution in [0.3, 0.4) is 0 Å². The molecular weight excluding hydrogens is 291 g/mol. The molecule has 0 bridgehead atoms. The second-order valence-electron chi connectivity index (χ2n) is 5.75. The molecule has 1 aliphatic carbocycles. The summed E-state index contributed by atoms with van der Waals surface area (Å²) in [6.45, 7) is 5.36. The van der Waals surface area contributed by atoms with Crippen LogP contribution >= 0.6 is 23.2 Å².